The van der Waals surface area contributed by atoms with Crippen LogP contribution in [0.15, 0.2) is 47.7 Å². The summed E-state index contributed by atoms with van der Waals surface area (Å²) in [4.78, 5) is 1.64. The summed E-state index contributed by atoms with van der Waals surface area (Å²) in [6, 6.07) is 7.80. The zero-order valence-corrected chi connectivity index (χ0v) is 9.97. The summed E-state index contributed by atoms with van der Waals surface area (Å²) >= 11 is 0. The summed E-state index contributed by atoms with van der Waals surface area (Å²) in [5, 5.41) is 19.1. The Hall–Kier alpha value is -2.12. The first-order valence-corrected chi connectivity index (χ1v) is 5.71. The molecule has 0 spiro atoms. The number of benzene rings is 1. The second kappa shape index (κ2) is 5.03. The predicted molar refractivity (Wildman–Crippen MR) is 67.0 cm³/mol. The maximum absolute atomic E-state index is 12.9. The molecule has 0 amide bonds. The molecular weight excluding hydrogens is 231 g/mol. The molecule has 4 heteroatoms. The molecule has 1 aliphatic rings. The van der Waals surface area contributed by atoms with Crippen molar-refractivity contribution in [3.8, 4) is 6.07 Å². The van der Waals surface area contributed by atoms with Gasteiger partial charge in [0.25, 0.3) is 0 Å². The normalized spacial score (nSPS) is 19.0. The quantitative estimate of drug-likeness (QED) is 0.870. The van der Waals surface area contributed by atoms with Crippen molar-refractivity contribution < 1.29 is 9.50 Å². The minimum Gasteiger partial charge on any atom is -0.368 e. The summed E-state index contributed by atoms with van der Waals surface area (Å²) in [5.74, 6) is -0.330. The van der Waals surface area contributed by atoms with E-state index in [1.807, 2.05) is 13.0 Å². The van der Waals surface area contributed by atoms with Crippen molar-refractivity contribution in [2.45, 2.75) is 19.6 Å². The van der Waals surface area contributed by atoms with Crippen LogP contribution in [0.4, 0.5) is 10.1 Å². The van der Waals surface area contributed by atoms with Gasteiger partial charge in [-0.1, -0.05) is 6.92 Å². The molecule has 2 rings (SSSR count). The van der Waals surface area contributed by atoms with Gasteiger partial charge < -0.3 is 10.0 Å². The van der Waals surface area contributed by atoms with Gasteiger partial charge in [-0.2, -0.15) is 5.26 Å². The Balaban J connectivity index is 2.42. The Kier molecular flexibility index (Phi) is 3.45. The Morgan fingerprint density at radius 2 is 2.00 bits per heavy atom. The van der Waals surface area contributed by atoms with Gasteiger partial charge in [0.15, 0.2) is 6.23 Å². The molecule has 0 fully saturated rings. The molecule has 18 heavy (non-hydrogen) atoms. The van der Waals surface area contributed by atoms with Crippen molar-refractivity contribution in [1.29, 1.82) is 5.26 Å². The van der Waals surface area contributed by atoms with Crippen LogP contribution in [0.2, 0.25) is 0 Å². The standard InChI is InChI=1S/C14H13FN2O/c1-2-12-6-3-10(9-16)14(18)17(12)13-7-4-11(15)5-8-13/h3-8,14,18H,2H2,1H3. The van der Waals surface area contributed by atoms with Crippen LogP contribution in [0.5, 0.6) is 0 Å². The lowest BCUT2D eigenvalue weighted by Crippen LogP contribution is -2.37. The number of aliphatic hydroxyl groups excluding tert-OH is 1. The highest BCUT2D eigenvalue weighted by Gasteiger charge is 2.25. The lowest BCUT2D eigenvalue weighted by molar-refractivity contribution is 0.214. The molecular formula is C14H13FN2O. The maximum Gasteiger partial charge on any atom is 0.167 e. The van der Waals surface area contributed by atoms with Crippen molar-refractivity contribution in [2.24, 2.45) is 0 Å². The van der Waals surface area contributed by atoms with Gasteiger partial charge in [-0.25, -0.2) is 4.39 Å². The second-order valence-corrected chi connectivity index (χ2v) is 3.97. The van der Waals surface area contributed by atoms with E-state index in [1.54, 1.807) is 29.2 Å². The Bertz CT molecular complexity index is 540. The predicted octanol–water partition coefficient (Wildman–Crippen LogP) is 2.71. The Morgan fingerprint density at radius 3 is 2.56 bits per heavy atom. The Morgan fingerprint density at radius 1 is 1.33 bits per heavy atom. The van der Waals surface area contributed by atoms with Gasteiger partial charge in [0, 0.05) is 11.4 Å². The average Bonchev–Trinajstić information content (AvgIpc) is 2.39. The van der Waals surface area contributed by atoms with Gasteiger partial charge in [-0.3, -0.25) is 0 Å². The highest BCUT2D eigenvalue weighted by Crippen LogP contribution is 2.29. The fourth-order valence-electron chi connectivity index (χ4n) is 1.94. The van der Waals surface area contributed by atoms with E-state index in [2.05, 4.69) is 0 Å². The summed E-state index contributed by atoms with van der Waals surface area (Å²) in [6.45, 7) is 1.96. The summed E-state index contributed by atoms with van der Waals surface area (Å²) in [7, 11) is 0. The third-order valence-corrected chi connectivity index (χ3v) is 2.88. The minimum absolute atomic E-state index is 0.275. The van der Waals surface area contributed by atoms with Crippen molar-refractivity contribution in [2.75, 3.05) is 4.90 Å². The number of hydrogen-bond acceptors (Lipinski definition) is 3. The number of aliphatic hydroxyl groups is 1. The number of hydrogen-bond donors (Lipinski definition) is 1. The van der Waals surface area contributed by atoms with Crippen LogP contribution in [0, 0.1) is 17.1 Å². The van der Waals surface area contributed by atoms with Crippen molar-refractivity contribution in [1.82, 2.24) is 0 Å². The third kappa shape index (κ3) is 2.13. The van der Waals surface area contributed by atoms with E-state index in [-0.39, 0.29) is 11.4 Å². The molecule has 0 bridgehead atoms. The fourth-order valence-corrected chi connectivity index (χ4v) is 1.94. The number of halogens is 1. The Labute approximate surface area is 105 Å². The number of rotatable bonds is 2. The van der Waals surface area contributed by atoms with Crippen molar-refractivity contribution in [3.63, 3.8) is 0 Å². The van der Waals surface area contributed by atoms with E-state index in [4.69, 9.17) is 5.26 Å². The van der Waals surface area contributed by atoms with E-state index < -0.39 is 6.23 Å². The van der Waals surface area contributed by atoms with Crippen molar-refractivity contribution in [3.05, 3.63) is 53.5 Å². The number of nitriles is 1. The van der Waals surface area contributed by atoms with Gasteiger partial charge in [0.2, 0.25) is 0 Å². The molecule has 1 atom stereocenters. The largest absolute Gasteiger partial charge is 0.368 e. The lowest BCUT2D eigenvalue weighted by Gasteiger charge is -2.33. The number of allylic oxidation sites excluding steroid dienone is 3. The summed E-state index contributed by atoms with van der Waals surface area (Å²) in [5.41, 5.74) is 1.82. The smallest absolute Gasteiger partial charge is 0.167 e. The van der Waals surface area contributed by atoms with Crippen LogP contribution in [0.3, 0.4) is 0 Å². The van der Waals surface area contributed by atoms with Gasteiger partial charge >= 0.3 is 0 Å². The molecule has 1 aromatic carbocycles. The zero-order valence-electron chi connectivity index (χ0n) is 9.97. The molecule has 1 N–H and O–H groups in total. The topological polar surface area (TPSA) is 47.3 Å². The first-order chi connectivity index (χ1) is 8.67. The number of nitrogens with zero attached hydrogens (tertiary/aromatic N) is 2. The van der Waals surface area contributed by atoms with Gasteiger partial charge in [-0.05, 0) is 42.8 Å². The highest BCUT2D eigenvalue weighted by molar-refractivity contribution is 5.58. The zero-order chi connectivity index (χ0) is 13.1. The van der Waals surface area contributed by atoms with Gasteiger partial charge in [-0.15, -0.1) is 0 Å². The molecule has 1 unspecified atom stereocenters. The first kappa shape index (κ1) is 12.3. The van der Waals surface area contributed by atoms with Gasteiger partial charge in [0.1, 0.15) is 5.82 Å². The fraction of sp³-hybridized carbons (Fsp3) is 0.214. The summed E-state index contributed by atoms with van der Waals surface area (Å²) in [6.07, 6.45) is 3.11. The molecule has 0 saturated heterocycles. The molecule has 0 aliphatic carbocycles. The number of anilines is 1. The van der Waals surface area contributed by atoms with Crippen LogP contribution in [0.1, 0.15) is 13.3 Å². The molecule has 0 aromatic heterocycles. The molecule has 1 aromatic rings. The van der Waals surface area contributed by atoms with E-state index in [9.17, 15) is 9.50 Å². The molecule has 92 valence electrons. The van der Waals surface area contributed by atoms with Crippen molar-refractivity contribution >= 4 is 5.69 Å². The third-order valence-electron chi connectivity index (χ3n) is 2.88. The van der Waals surface area contributed by atoms with Crippen LogP contribution in [-0.2, 0) is 0 Å². The average molecular weight is 244 g/mol. The summed E-state index contributed by atoms with van der Waals surface area (Å²) < 4.78 is 12.9. The maximum atomic E-state index is 12.9. The van der Waals surface area contributed by atoms with E-state index in [0.717, 1.165) is 5.70 Å². The SMILES string of the molecule is CCC1=CC=C(C#N)C(O)N1c1ccc(F)cc1. The van der Waals surface area contributed by atoms with Crippen LogP contribution < -0.4 is 4.90 Å². The monoisotopic (exact) mass is 244 g/mol. The van der Waals surface area contributed by atoms with Crippen LogP contribution in [0.25, 0.3) is 0 Å². The lowest BCUT2D eigenvalue weighted by atomic mass is 10.1. The first-order valence-electron chi connectivity index (χ1n) is 5.71. The van der Waals surface area contributed by atoms with E-state index >= 15 is 0 Å². The molecule has 1 heterocycles. The van der Waals surface area contributed by atoms with E-state index in [0.29, 0.717) is 12.1 Å². The molecule has 0 saturated carbocycles. The minimum atomic E-state index is -1.01. The van der Waals surface area contributed by atoms with Crippen LogP contribution in [-0.4, -0.2) is 11.3 Å². The highest BCUT2D eigenvalue weighted by atomic mass is 19.1. The van der Waals surface area contributed by atoms with Crippen LogP contribution >= 0.6 is 0 Å². The molecule has 0 radical (unpaired) electrons. The van der Waals surface area contributed by atoms with Gasteiger partial charge in [0.05, 0.1) is 11.6 Å². The second-order valence-electron chi connectivity index (χ2n) is 3.97. The van der Waals surface area contributed by atoms with E-state index in [1.165, 1.54) is 12.1 Å². The molecule has 1 aliphatic heterocycles. The molecule has 3 nitrogen and oxygen atoms in total.